The highest BCUT2D eigenvalue weighted by atomic mass is 32.2. The van der Waals surface area contributed by atoms with E-state index < -0.39 is 16.3 Å². The maximum Gasteiger partial charge on any atom is 0.352 e. The van der Waals surface area contributed by atoms with Gasteiger partial charge in [0.25, 0.3) is 5.69 Å². The van der Waals surface area contributed by atoms with Gasteiger partial charge in [-0.15, -0.1) is 11.8 Å². The van der Waals surface area contributed by atoms with Crippen LogP contribution in [-0.4, -0.2) is 43.8 Å². The van der Waals surface area contributed by atoms with E-state index in [0.717, 1.165) is 0 Å². The van der Waals surface area contributed by atoms with Gasteiger partial charge >= 0.3 is 5.97 Å². The molecule has 0 aliphatic carbocycles. The molecule has 1 aromatic carbocycles. The monoisotopic (exact) mass is 333 g/mol. The van der Waals surface area contributed by atoms with E-state index in [0.29, 0.717) is 12.0 Å². The van der Waals surface area contributed by atoms with Gasteiger partial charge in [0.1, 0.15) is 11.1 Å². The number of β-lactam (4-membered cyclic amide) rings is 1. The normalized spacial score (nSPS) is 23.2. The molecule has 118 valence electrons. The number of non-ortho nitro benzene ring substituents is 1. The number of carbonyl (C=O) groups is 2. The summed E-state index contributed by atoms with van der Waals surface area (Å²) in [6.45, 7) is 0. The fourth-order valence-electron chi connectivity index (χ4n) is 2.30. The number of aliphatic carboxylic acids is 1. The maximum absolute atomic E-state index is 11.5. The van der Waals surface area contributed by atoms with E-state index in [1.165, 1.54) is 41.1 Å². The smallest absolute Gasteiger partial charge is 0.352 e. The van der Waals surface area contributed by atoms with E-state index in [-0.39, 0.29) is 22.7 Å². The fraction of sp³-hybridized carbons (Fsp3) is 0.214. The highest BCUT2D eigenvalue weighted by molar-refractivity contribution is 8.00. The van der Waals surface area contributed by atoms with Crippen LogP contribution in [0.3, 0.4) is 0 Å². The van der Waals surface area contributed by atoms with Crippen LogP contribution in [0.5, 0.6) is 0 Å². The number of nitro benzene ring substituents is 1. The third-order valence-electron chi connectivity index (χ3n) is 3.46. The number of thioether (sulfide) groups is 1. The Balaban J connectivity index is 1.77. The molecule has 0 bridgehead atoms. The number of benzene rings is 1. The van der Waals surface area contributed by atoms with E-state index in [4.69, 9.17) is 0 Å². The van der Waals surface area contributed by atoms with Crippen LogP contribution in [-0.2, 0) is 9.59 Å². The Morgan fingerprint density at radius 1 is 1.43 bits per heavy atom. The standard InChI is InChI=1S/C14H11N3O5S/c18-12-6-13-16(12)10(14(19)20)5-11(23-13)15-7-8-1-3-9(4-2-8)17(21)22/h1-5,7,11,13H,6H2,(H,19,20)/t11?,13-/m1/s1. The number of rotatable bonds is 4. The molecule has 3 rings (SSSR count). The van der Waals surface area contributed by atoms with Crippen LogP contribution in [0.4, 0.5) is 5.69 Å². The van der Waals surface area contributed by atoms with E-state index in [2.05, 4.69) is 4.99 Å². The van der Waals surface area contributed by atoms with Gasteiger partial charge in [0.2, 0.25) is 5.91 Å². The molecule has 1 amide bonds. The molecular weight excluding hydrogens is 322 g/mol. The number of amides is 1. The lowest BCUT2D eigenvalue weighted by Gasteiger charge is -2.43. The van der Waals surface area contributed by atoms with Crippen molar-refractivity contribution >= 4 is 35.5 Å². The zero-order chi connectivity index (χ0) is 16.6. The summed E-state index contributed by atoms with van der Waals surface area (Å²) in [4.78, 5) is 38.4. The van der Waals surface area contributed by atoms with Crippen molar-refractivity contribution in [1.82, 2.24) is 4.90 Å². The van der Waals surface area contributed by atoms with Gasteiger partial charge in [-0.1, -0.05) is 0 Å². The van der Waals surface area contributed by atoms with Gasteiger partial charge in [-0.2, -0.15) is 0 Å². The zero-order valence-corrected chi connectivity index (χ0v) is 12.5. The molecular formula is C14H11N3O5S. The highest BCUT2D eigenvalue weighted by Gasteiger charge is 2.45. The van der Waals surface area contributed by atoms with Gasteiger partial charge in [0, 0.05) is 18.3 Å². The molecule has 2 atom stereocenters. The van der Waals surface area contributed by atoms with Gasteiger partial charge in [-0.05, 0) is 23.8 Å². The number of hydrogen-bond acceptors (Lipinski definition) is 6. The number of fused-ring (bicyclic) bond motifs is 1. The summed E-state index contributed by atoms with van der Waals surface area (Å²) in [6.07, 6.45) is 3.27. The molecule has 8 nitrogen and oxygen atoms in total. The number of carboxylic acid groups (broad SMARTS) is 1. The van der Waals surface area contributed by atoms with Crippen LogP contribution in [0.1, 0.15) is 12.0 Å². The van der Waals surface area contributed by atoms with Crippen molar-refractivity contribution in [3.63, 3.8) is 0 Å². The molecule has 1 N–H and O–H groups in total. The first-order valence-electron chi connectivity index (χ1n) is 6.66. The predicted molar refractivity (Wildman–Crippen MR) is 83.0 cm³/mol. The second-order valence-electron chi connectivity index (χ2n) is 4.93. The number of aliphatic imine (C=N–C) groups is 1. The first-order valence-corrected chi connectivity index (χ1v) is 7.60. The first kappa shape index (κ1) is 15.2. The Kier molecular flexibility index (Phi) is 3.87. The Labute approximate surface area is 134 Å². The molecule has 23 heavy (non-hydrogen) atoms. The SMILES string of the molecule is O=C(O)C1=CC(N=Cc2ccc([N+](=O)[O-])cc2)S[C@@H]2CC(=O)N12. The molecule has 9 heteroatoms. The van der Waals surface area contributed by atoms with Gasteiger partial charge in [-0.3, -0.25) is 24.8 Å². The largest absolute Gasteiger partial charge is 0.477 e. The van der Waals surface area contributed by atoms with Gasteiger partial charge in [0.05, 0.1) is 16.7 Å². The molecule has 0 radical (unpaired) electrons. The Morgan fingerprint density at radius 2 is 2.13 bits per heavy atom. The second kappa shape index (κ2) is 5.84. The van der Waals surface area contributed by atoms with E-state index in [1.54, 1.807) is 12.1 Å². The Hall–Kier alpha value is -2.68. The van der Waals surface area contributed by atoms with E-state index in [1.807, 2.05) is 0 Å². The van der Waals surface area contributed by atoms with Crippen LogP contribution in [0.2, 0.25) is 0 Å². The first-order chi connectivity index (χ1) is 11.0. The lowest BCUT2D eigenvalue weighted by molar-refractivity contribution is -0.384. The average Bonchev–Trinajstić information content (AvgIpc) is 2.51. The van der Waals surface area contributed by atoms with Crippen LogP contribution in [0.25, 0.3) is 0 Å². The van der Waals surface area contributed by atoms with Crippen molar-refractivity contribution in [2.24, 2.45) is 4.99 Å². The highest BCUT2D eigenvalue weighted by Crippen LogP contribution is 2.40. The fourth-order valence-corrected chi connectivity index (χ4v) is 3.55. The van der Waals surface area contributed by atoms with Crippen molar-refractivity contribution in [1.29, 1.82) is 0 Å². The van der Waals surface area contributed by atoms with Gasteiger partial charge in [0.15, 0.2) is 0 Å². The molecule has 1 fully saturated rings. The summed E-state index contributed by atoms with van der Waals surface area (Å²) < 4.78 is 0. The summed E-state index contributed by atoms with van der Waals surface area (Å²) >= 11 is 1.39. The van der Waals surface area contributed by atoms with Crippen LogP contribution in [0, 0.1) is 10.1 Å². The zero-order valence-electron chi connectivity index (χ0n) is 11.7. The van der Waals surface area contributed by atoms with E-state index in [9.17, 15) is 24.8 Å². The number of carboxylic acids is 1. The third-order valence-corrected chi connectivity index (χ3v) is 4.68. The summed E-state index contributed by atoms with van der Waals surface area (Å²) in [6, 6.07) is 5.88. The summed E-state index contributed by atoms with van der Waals surface area (Å²) in [5.41, 5.74) is 0.621. The molecule has 1 unspecified atom stereocenters. The Bertz CT molecular complexity index is 743. The topological polar surface area (TPSA) is 113 Å². The predicted octanol–water partition coefficient (Wildman–Crippen LogP) is 1.61. The molecule has 2 aliphatic rings. The second-order valence-corrected chi connectivity index (χ2v) is 6.23. The van der Waals surface area contributed by atoms with Crippen molar-refractivity contribution in [3.8, 4) is 0 Å². The summed E-state index contributed by atoms with van der Waals surface area (Å²) in [5, 5.41) is 19.2. The summed E-state index contributed by atoms with van der Waals surface area (Å²) in [7, 11) is 0. The molecule has 0 aromatic heterocycles. The minimum atomic E-state index is -1.15. The average molecular weight is 333 g/mol. The molecule has 0 saturated carbocycles. The lowest BCUT2D eigenvalue weighted by Crippen LogP contribution is -2.53. The summed E-state index contributed by atoms with van der Waals surface area (Å²) in [5.74, 6) is -1.35. The molecule has 1 aromatic rings. The van der Waals surface area contributed by atoms with Crippen LogP contribution in [0.15, 0.2) is 41.0 Å². The maximum atomic E-state index is 11.5. The van der Waals surface area contributed by atoms with Gasteiger partial charge < -0.3 is 5.11 Å². The molecule has 1 saturated heterocycles. The number of hydrogen-bond donors (Lipinski definition) is 1. The van der Waals surface area contributed by atoms with Crippen LogP contribution < -0.4 is 0 Å². The van der Waals surface area contributed by atoms with Crippen molar-refractivity contribution < 1.29 is 19.6 Å². The molecule has 2 aliphatic heterocycles. The minimum Gasteiger partial charge on any atom is -0.477 e. The Morgan fingerprint density at radius 3 is 2.70 bits per heavy atom. The molecule has 0 spiro atoms. The third kappa shape index (κ3) is 2.95. The number of carbonyl (C=O) groups excluding carboxylic acids is 1. The number of nitro groups is 1. The van der Waals surface area contributed by atoms with Crippen molar-refractivity contribution in [3.05, 3.63) is 51.7 Å². The minimum absolute atomic E-state index is 0.00845. The number of nitrogens with zero attached hydrogens (tertiary/aromatic N) is 3. The van der Waals surface area contributed by atoms with Crippen molar-refractivity contribution in [2.45, 2.75) is 17.2 Å². The molecule has 2 heterocycles. The van der Waals surface area contributed by atoms with Crippen molar-refractivity contribution in [2.75, 3.05) is 0 Å². The van der Waals surface area contributed by atoms with Crippen LogP contribution >= 0.6 is 11.8 Å². The lowest BCUT2D eigenvalue weighted by atomic mass is 10.1. The van der Waals surface area contributed by atoms with Gasteiger partial charge in [-0.25, -0.2) is 4.79 Å². The van der Waals surface area contributed by atoms with E-state index >= 15 is 0 Å². The quantitative estimate of drug-likeness (QED) is 0.388.